The van der Waals surface area contributed by atoms with Crippen molar-refractivity contribution in [3.05, 3.63) is 71.6 Å². The fourth-order valence-electron chi connectivity index (χ4n) is 4.22. The van der Waals surface area contributed by atoms with E-state index >= 15 is 0 Å². The van der Waals surface area contributed by atoms with Gasteiger partial charge in [-0.3, -0.25) is 10.4 Å². The Hall–Kier alpha value is -3.33. The van der Waals surface area contributed by atoms with Crippen LogP contribution in [-0.4, -0.2) is 41.5 Å². The average molecular weight is 417 g/mol. The molecule has 1 aliphatic heterocycles. The van der Waals surface area contributed by atoms with E-state index in [1.807, 2.05) is 48.2 Å². The summed E-state index contributed by atoms with van der Waals surface area (Å²) < 4.78 is 0. The quantitative estimate of drug-likeness (QED) is 0.342. The molecule has 1 aliphatic carbocycles. The van der Waals surface area contributed by atoms with Gasteiger partial charge in [-0.2, -0.15) is 5.26 Å². The summed E-state index contributed by atoms with van der Waals surface area (Å²) >= 11 is 0. The maximum absolute atomic E-state index is 9.48. The standard InChI is InChI=1S/C25H32N6/c1-4-6-20(29-3)15-18-7-9-19(10-8-18)23(27)22(5-2)24(28)30-21-11-12-25(13-14-25)31(16-21)17-26/h4-10,21,27,30H,2,11-16,28H2,1,3H3/b6-4-,24-22-,27-23?,29-20+. The number of benzene rings is 1. The molecule has 0 bridgehead atoms. The van der Waals surface area contributed by atoms with Gasteiger partial charge in [-0.15, -0.1) is 0 Å². The Bertz CT molecular complexity index is 957. The minimum atomic E-state index is 0.0920. The monoisotopic (exact) mass is 416 g/mol. The fraction of sp³-hybridized carbons (Fsp3) is 0.400. The Morgan fingerprint density at radius 2 is 2.10 bits per heavy atom. The van der Waals surface area contributed by atoms with Crippen LogP contribution in [0.2, 0.25) is 0 Å². The Morgan fingerprint density at radius 1 is 1.39 bits per heavy atom. The third-order valence-corrected chi connectivity index (χ3v) is 6.28. The number of aliphatic imine (C=N–C) groups is 1. The number of nitrogens with zero attached hydrogens (tertiary/aromatic N) is 3. The molecule has 1 atom stereocenters. The minimum absolute atomic E-state index is 0.0920. The predicted octanol–water partition coefficient (Wildman–Crippen LogP) is 3.67. The second-order valence-corrected chi connectivity index (χ2v) is 8.31. The average Bonchev–Trinajstić information content (AvgIpc) is 3.56. The summed E-state index contributed by atoms with van der Waals surface area (Å²) in [6.07, 6.45) is 12.9. The van der Waals surface area contributed by atoms with Gasteiger partial charge in [0.1, 0.15) is 5.82 Å². The second-order valence-electron chi connectivity index (χ2n) is 8.31. The van der Waals surface area contributed by atoms with Crippen molar-refractivity contribution in [1.29, 1.82) is 10.7 Å². The lowest BCUT2D eigenvalue weighted by Crippen LogP contribution is -2.50. The van der Waals surface area contributed by atoms with Crippen LogP contribution in [0, 0.1) is 16.9 Å². The van der Waals surface area contributed by atoms with E-state index in [-0.39, 0.29) is 11.6 Å². The summed E-state index contributed by atoms with van der Waals surface area (Å²) in [6, 6.07) is 8.00. The van der Waals surface area contributed by atoms with Crippen LogP contribution in [0.3, 0.4) is 0 Å². The van der Waals surface area contributed by atoms with Gasteiger partial charge >= 0.3 is 0 Å². The molecule has 1 aromatic carbocycles. The molecule has 0 amide bonds. The van der Waals surface area contributed by atoms with Gasteiger partial charge in [0, 0.05) is 42.9 Å². The Labute approximate surface area is 185 Å². The van der Waals surface area contributed by atoms with Crippen LogP contribution in [0.25, 0.3) is 0 Å². The van der Waals surface area contributed by atoms with Gasteiger partial charge in [0.25, 0.3) is 0 Å². The normalized spacial score (nSPS) is 20.9. The van der Waals surface area contributed by atoms with Gasteiger partial charge in [-0.25, -0.2) is 0 Å². The molecule has 162 valence electrons. The van der Waals surface area contributed by atoms with E-state index in [9.17, 15) is 5.26 Å². The number of hydrogen-bond acceptors (Lipinski definition) is 6. The summed E-state index contributed by atoms with van der Waals surface area (Å²) in [5.41, 5.74) is 10.3. The smallest absolute Gasteiger partial charge is 0.179 e. The molecule has 1 aromatic rings. The first-order chi connectivity index (χ1) is 15.0. The summed E-state index contributed by atoms with van der Waals surface area (Å²) in [7, 11) is 1.79. The molecular weight excluding hydrogens is 384 g/mol. The fourth-order valence-corrected chi connectivity index (χ4v) is 4.22. The molecule has 1 unspecified atom stereocenters. The molecular formula is C25H32N6. The highest BCUT2D eigenvalue weighted by atomic mass is 15.3. The number of rotatable bonds is 8. The van der Waals surface area contributed by atoms with Crippen LogP contribution in [0.4, 0.5) is 0 Å². The lowest BCUT2D eigenvalue weighted by Gasteiger charge is -2.37. The van der Waals surface area contributed by atoms with E-state index in [4.69, 9.17) is 11.1 Å². The summed E-state index contributed by atoms with van der Waals surface area (Å²) in [6.45, 7) is 6.50. The summed E-state index contributed by atoms with van der Waals surface area (Å²) in [4.78, 5) is 6.20. The highest BCUT2D eigenvalue weighted by Crippen LogP contribution is 2.47. The van der Waals surface area contributed by atoms with E-state index < -0.39 is 0 Å². The molecule has 4 N–H and O–H groups in total. The first kappa shape index (κ1) is 22.4. The number of hydrogen-bond donors (Lipinski definition) is 3. The zero-order valence-electron chi connectivity index (χ0n) is 18.5. The van der Waals surface area contributed by atoms with Crippen LogP contribution >= 0.6 is 0 Å². The minimum Gasteiger partial charge on any atom is -0.385 e. The molecule has 2 fully saturated rings. The molecule has 6 nitrogen and oxygen atoms in total. The van der Waals surface area contributed by atoms with Gasteiger partial charge < -0.3 is 16.0 Å². The molecule has 1 saturated heterocycles. The van der Waals surface area contributed by atoms with Gasteiger partial charge in [-0.05, 0) is 44.2 Å². The van der Waals surface area contributed by atoms with E-state index in [0.717, 1.165) is 48.9 Å². The van der Waals surface area contributed by atoms with Crippen LogP contribution < -0.4 is 11.1 Å². The van der Waals surface area contributed by atoms with Gasteiger partial charge in [0.05, 0.1) is 11.3 Å². The summed E-state index contributed by atoms with van der Waals surface area (Å²) in [5, 5.41) is 21.5. The highest BCUT2D eigenvalue weighted by molar-refractivity contribution is 6.12. The number of nitrogens with one attached hydrogen (secondary N) is 2. The number of likely N-dealkylation sites (tertiary alicyclic amines) is 1. The van der Waals surface area contributed by atoms with Crippen LogP contribution in [0.15, 0.2) is 65.5 Å². The van der Waals surface area contributed by atoms with Crippen LogP contribution in [0.5, 0.6) is 0 Å². The third kappa shape index (κ3) is 5.05. The van der Waals surface area contributed by atoms with E-state index in [1.165, 1.54) is 0 Å². The number of piperidine rings is 1. The number of nitriles is 1. The topological polar surface area (TPSA) is 101 Å². The molecule has 1 spiro atoms. The Morgan fingerprint density at radius 3 is 2.65 bits per heavy atom. The Kier molecular flexibility index (Phi) is 6.96. The maximum atomic E-state index is 9.48. The molecule has 1 saturated carbocycles. The van der Waals surface area contributed by atoms with Crippen molar-refractivity contribution in [1.82, 2.24) is 10.2 Å². The van der Waals surface area contributed by atoms with Crippen molar-refractivity contribution in [2.45, 2.75) is 50.6 Å². The Balaban J connectivity index is 1.69. The molecule has 0 aromatic heterocycles. The van der Waals surface area contributed by atoms with E-state index in [2.05, 4.69) is 23.1 Å². The van der Waals surface area contributed by atoms with Gasteiger partial charge in [0.15, 0.2) is 6.19 Å². The molecule has 6 heteroatoms. The molecule has 31 heavy (non-hydrogen) atoms. The highest BCUT2D eigenvalue weighted by Gasteiger charge is 2.50. The summed E-state index contributed by atoms with van der Waals surface area (Å²) in [5.74, 6) is 0.437. The lowest BCUT2D eigenvalue weighted by atomic mass is 9.96. The van der Waals surface area contributed by atoms with Gasteiger partial charge in [-0.1, -0.05) is 43.0 Å². The van der Waals surface area contributed by atoms with Crippen molar-refractivity contribution in [2.75, 3.05) is 13.6 Å². The maximum Gasteiger partial charge on any atom is 0.179 e. The molecule has 1 heterocycles. The van der Waals surface area contributed by atoms with Crippen molar-refractivity contribution >= 4 is 11.4 Å². The van der Waals surface area contributed by atoms with Crippen molar-refractivity contribution in [3.63, 3.8) is 0 Å². The number of allylic oxidation sites excluding steroid dienone is 4. The first-order valence-electron chi connectivity index (χ1n) is 10.8. The van der Waals surface area contributed by atoms with Crippen LogP contribution in [-0.2, 0) is 6.42 Å². The largest absolute Gasteiger partial charge is 0.385 e. The first-order valence-corrected chi connectivity index (χ1v) is 10.8. The van der Waals surface area contributed by atoms with Crippen molar-refractivity contribution in [3.8, 4) is 6.19 Å². The third-order valence-electron chi connectivity index (χ3n) is 6.28. The lowest BCUT2D eigenvalue weighted by molar-refractivity contribution is 0.173. The SMILES string of the molecule is C=C/C(C(=N)c1ccc(CC(/C=C\C)=N/C)cc1)=C(\N)NC1CCC2(CC2)N(C#N)C1. The van der Waals surface area contributed by atoms with Crippen LogP contribution in [0.1, 0.15) is 43.7 Å². The number of nitrogens with two attached hydrogens (primary N) is 1. The van der Waals surface area contributed by atoms with E-state index in [0.29, 0.717) is 23.7 Å². The molecule has 3 rings (SSSR count). The molecule has 2 aliphatic rings. The molecule has 0 radical (unpaired) electrons. The second kappa shape index (κ2) is 9.65. The predicted molar refractivity (Wildman–Crippen MR) is 127 cm³/mol. The van der Waals surface area contributed by atoms with E-state index in [1.54, 1.807) is 13.1 Å². The van der Waals surface area contributed by atoms with Gasteiger partial charge in [0.2, 0.25) is 0 Å². The zero-order valence-corrected chi connectivity index (χ0v) is 18.5. The van der Waals surface area contributed by atoms with Crippen molar-refractivity contribution in [2.24, 2.45) is 10.7 Å². The zero-order chi connectivity index (χ0) is 22.4. The van der Waals surface area contributed by atoms with Crippen molar-refractivity contribution < 1.29 is 0 Å².